The first-order chi connectivity index (χ1) is 14.6. The summed E-state index contributed by atoms with van der Waals surface area (Å²) in [5.41, 5.74) is 11.0. The molecule has 7 nitrogen and oxygen atoms in total. The van der Waals surface area contributed by atoms with E-state index in [4.69, 9.17) is 10.7 Å². The topological polar surface area (TPSA) is 109 Å². The molecular formula is C23H25N5O2. The quantitative estimate of drug-likeness (QED) is 0.468. The molecule has 1 fully saturated rings. The van der Waals surface area contributed by atoms with E-state index in [9.17, 15) is 9.90 Å². The number of rotatable bonds is 4. The molecule has 0 atom stereocenters. The number of para-hydroxylation sites is 1. The normalized spacial score (nSPS) is 19.5. The van der Waals surface area contributed by atoms with Crippen LogP contribution in [0.25, 0.3) is 27.8 Å². The Labute approximate surface area is 174 Å². The van der Waals surface area contributed by atoms with E-state index in [0.29, 0.717) is 18.7 Å². The molecule has 1 aromatic carbocycles. The van der Waals surface area contributed by atoms with Gasteiger partial charge in [0.15, 0.2) is 0 Å². The molecule has 0 unspecified atom stereocenters. The van der Waals surface area contributed by atoms with Gasteiger partial charge in [-0.05, 0) is 44.2 Å². The van der Waals surface area contributed by atoms with Crippen molar-refractivity contribution < 1.29 is 9.90 Å². The maximum absolute atomic E-state index is 11.4. The molecule has 3 heterocycles. The van der Waals surface area contributed by atoms with Crippen molar-refractivity contribution in [2.24, 2.45) is 5.92 Å². The van der Waals surface area contributed by atoms with Crippen molar-refractivity contribution in [1.82, 2.24) is 19.4 Å². The average Bonchev–Trinajstić information content (AvgIpc) is 3.36. The number of benzene rings is 1. The van der Waals surface area contributed by atoms with Crippen LogP contribution in [0.5, 0.6) is 0 Å². The fourth-order valence-corrected chi connectivity index (χ4v) is 4.74. The number of nitrogens with one attached hydrogen (secondary N) is 1. The minimum absolute atomic E-state index is 0.207. The van der Waals surface area contributed by atoms with Crippen LogP contribution in [0, 0.1) is 5.92 Å². The molecule has 1 aliphatic rings. The average molecular weight is 403 g/mol. The number of hydrogen-bond donors (Lipinski definition) is 3. The molecule has 0 radical (unpaired) electrons. The van der Waals surface area contributed by atoms with Crippen LogP contribution in [0.3, 0.4) is 0 Å². The molecule has 5 rings (SSSR count). The molecule has 4 N–H and O–H groups in total. The minimum Gasteiger partial charge on any atom is -0.481 e. The summed E-state index contributed by atoms with van der Waals surface area (Å²) in [7, 11) is 0. The summed E-state index contributed by atoms with van der Waals surface area (Å²) >= 11 is 0. The van der Waals surface area contributed by atoms with Gasteiger partial charge in [-0.2, -0.15) is 0 Å². The zero-order valence-electron chi connectivity index (χ0n) is 16.9. The number of carboxylic acid groups (broad SMARTS) is 1. The molecule has 4 aromatic rings. The Kier molecular flexibility index (Phi) is 4.46. The molecule has 30 heavy (non-hydrogen) atoms. The number of H-pyrrole nitrogens is 1. The second-order valence-electron chi connectivity index (χ2n) is 8.15. The van der Waals surface area contributed by atoms with Crippen molar-refractivity contribution in [2.45, 2.75) is 44.9 Å². The van der Waals surface area contributed by atoms with Gasteiger partial charge in [0.2, 0.25) is 0 Å². The molecule has 0 spiro atoms. The standard InChI is InChI=1S/C23H25N5O2/c1-2-16-12-25-21(24)20-19(18-11-15-5-3-4-6-17(15)26-18)27-22(28(16)20)13-7-9-14(10-8-13)23(29)30/h3-6,11-14,26H,2,7-10H2,1H3,(H2,24,25)(H,29,30)/t13-,14-. The van der Waals surface area contributed by atoms with E-state index in [1.807, 2.05) is 24.4 Å². The van der Waals surface area contributed by atoms with Gasteiger partial charge in [-0.3, -0.25) is 9.20 Å². The van der Waals surface area contributed by atoms with Crippen LogP contribution in [0.4, 0.5) is 5.82 Å². The smallest absolute Gasteiger partial charge is 0.306 e. The van der Waals surface area contributed by atoms with Crippen molar-refractivity contribution in [3.8, 4) is 11.4 Å². The van der Waals surface area contributed by atoms with Gasteiger partial charge in [-0.25, -0.2) is 9.97 Å². The summed E-state index contributed by atoms with van der Waals surface area (Å²) in [5, 5.41) is 10.5. The molecule has 0 saturated heterocycles. The largest absolute Gasteiger partial charge is 0.481 e. The first kappa shape index (κ1) is 18.7. The number of fused-ring (bicyclic) bond motifs is 2. The highest BCUT2D eigenvalue weighted by Gasteiger charge is 2.31. The van der Waals surface area contributed by atoms with E-state index in [-0.39, 0.29) is 11.8 Å². The lowest BCUT2D eigenvalue weighted by Crippen LogP contribution is -2.22. The van der Waals surface area contributed by atoms with Crippen LogP contribution in [-0.4, -0.2) is 30.4 Å². The Morgan fingerprint density at radius 1 is 1.27 bits per heavy atom. The van der Waals surface area contributed by atoms with Crippen molar-refractivity contribution in [3.63, 3.8) is 0 Å². The number of aromatic amines is 1. The van der Waals surface area contributed by atoms with Gasteiger partial charge in [-0.15, -0.1) is 0 Å². The molecule has 1 saturated carbocycles. The van der Waals surface area contributed by atoms with E-state index in [2.05, 4.69) is 33.4 Å². The van der Waals surface area contributed by atoms with Crippen molar-refractivity contribution in [3.05, 3.63) is 48.0 Å². The highest BCUT2D eigenvalue weighted by molar-refractivity contribution is 5.91. The number of aromatic nitrogens is 4. The highest BCUT2D eigenvalue weighted by Crippen LogP contribution is 2.39. The van der Waals surface area contributed by atoms with Gasteiger partial charge >= 0.3 is 5.97 Å². The summed E-state index contributed by atoms with van der Waals surface area (Å²) < 4.78 is 2.16. The fraction of sp³-hybridized carbons (Fsp3) is 0.348. The Balaban J connectivity index is 1.68. The zero-order chi connectivity index (χ0) is 20.8. The SMILES string of the molecule is CCc1cnc(N)c2c(-c3cc4ccccc4[nH]3)nc([C@H]3CC[C@H](C(=O)O)CC3)n12. The second-order valence-corrected chi connectivity index (χ2v) is 8.15. The summed E-state index contributed by atoms with van der Waals surface area (Å²) in [4.78, 5) is 24.4. The van der Waals surface area contributed by atoms with E-state index in [1.54, 1.807) is 0 Å². The van der Waals surface area contributed by atoms with Gasteiger partial charge in [0.1, 0.15) is 22.9 Å². The number of nitrogens with zero attached hydrogens (tertiary/aromatic N) is 3. The number of imidazole rings is 1. The first-order valence-electron chi connectivity index (χ1n) is 10.5. The molecule has 0 bridgehead atoms. The molecular weight excluding hydrogens is 378 g/mol. The van der Waals surface area contributed by atoms with Crippen LogP contribution < -0.4 is 5.73 Å². The molecule has 3 aromatic heterocycles. The van der Waals surface area contributed by atoms with Gasteiger partial charge in [-0.1, -0.05) is 25.1 Å². The third-order valence-electron chi connectivity index (χ3n) is 6.37. The monoisotopic (exact) mass is 403 g/mol. The fourth-order valence-electron chi connectivity index (χ4n) is 4.74. The van der Waals surface area contributed by atoms with E-state index in [0.717, 1.165) is 58.6 Å². The van der Waals surface area contributed by atoms with Crippen LogP contribution >= 0.6 is 0 Å². The second kappa shape index (κ2) is 7.16. The van der Waals surface area contributed by atoms with Crippen molar-refractivity contribution in [1.29, 1.82) is 0 Å². The molecule has 0 amide bonds. The molecule has 1 aliphatic carbocycles. The van der Waals surface area contributed by atoms with Crippen LogP contribution in [0.1, 0.15) is 50.0 Å². The minimum atomic E-state index is -0.692. The predicted octanol–water partition coefficient (Wildman–Crippen LogP) is 4.38. The Morgan fingerprint density at radius 3 is 2.73 bits per heavy atom. The number of hydrogen-bond acceptors (Lipinski definition) is 4. The maximum atomic E-state index is 11.4. The number of carbonyl (C=O) groups is 1. The summed E-state index contributed by atoms with van der Waals surface area (Å²) in [6.45, 7) is 2.10. The Morgan fingerprint density at radius 2 is 2.03 bits per heavy atom. The third-order valence-corrected chi connectivity index (χ3v) is 6.37. The molecule has 0 aliphatic heterocycles. The lowest BCUT2D eigenvalue weighted by atomic mass is 9.81. The Bertz CT molecular complexity index is 1210. The summed E-state index contributed by atoms with van der Waals surface area (Å²) in [6, 6.07) is 10.2. The van der Waals surface area contributed by atoms with Gasteiger partial charge in [0, 0.05) is 28.7 Å². The first-order valence-corrected chi connectivity index (χ1v) is 10.5. The maximum Gasteiger partial charge on any atom is 0.306 e. The highest BCUT2D eigenvalue weighted by atomic mass is 16.4. The van der Waals surface area contributed by atoms with Gasteiger partial charge in [0.05, 0.1) is 11.6 Å². The zero-order valence-corrected chi connectivity index (χ0v) is 16.9. The van der Waals surface area contributed by atoms with Crippen LogP contribution in [0.2, 0.25) is 0 Å². The number of aliphatic carboxylic acids is 1. The van der Waals surface area contributed by atoms with E-state index in [1.165, 1.54) is 0 Å². The van der Waals surface area contributed by atoms with E-state index < -0.39 is 5.97 Å². The summed E-state index contributed by atoms with van der Waals surface area (Å²) in [5.74, 6) is 0.687. The lowest BCUT2D eigenvalue weighted by molar-refractivity contribution is -0.142. The molecule has 154 valence electrons. The van der Waals surface area contributed by atoms with E-state index >= 15 is 0 Å². The Hall–Kier alpha value is -3.35. The van der Waals surface area contributed by atoms with Crippen molar-refractivity contribution >= 4 is 28.2 Å². The molecule has 7 heteroatoms. The third kappa shape index (κ3) is 2.93. The summed E-state index contributed by atoms with van der Waals surface area (Å²) in [6.07, 6.45) is 5.62. The van der Waals surface area contributed by atoms with Crippen LogP contribution in [0.15, 0.2) is 36.5 Å². The van der Waals surface area contributed by atoms with Gasteiger partial charge < -0.3 is 15.8 Å². The number of anilines is 1. The van der Waals surface area contributed by atoms with Crippen LogP contribution in [-0.2, 0) is 11.2 Å². The van der Waals surface area contributed by atoms with Crippen molar-refractivity contribution in [2.75, 3.05) is 5.73 Å². The lowest BCUT2D eigenvalue weighted by Gasteiger charge is -2.25. The number of carboxylic acids is 1. The predicted molar refractivity (Wildman–Crippen MR) is 116 cm³/mol. The number of aryl methyl sites for hydroxylation is 1. The number of nitrogens with two attached hydrogens (primary N) is 1. The number of nitrogen functional groups attached to an aromatic ring is 1. The van der Waals surface area contributed by atoms with Gasteiger partial charge in [0.25, 0.3) is 0 Å².